The third-order valence-corrected chi connectivity index (χ3v) is 2.09. The summed E-state index contributed by atoms with van der Waals surface area (Å²) >= 11 is 0. The molecule has 0 spiro atoms. The maximum atomic E-state index is 11.4. The number of rotatable bonds is 10. The second kappa shape index (κ2) is 10.0. The fourth-order valence-corrected chi connectivity index (χ4v) is 1.28. The van der Waals surface area contributed by atoms with Crippen molar-refractivity contribution >= 4 is 11.9 Å². The van der Waals surface area contributed by atoms with E-state index in [-0.39, 0.29) is 32.1 Å². The summed E-state index contributed by atoms with van der Waals surface area (Å²) in [5.74, 6) is -1.13. The highest BCUT2D eigenvalue weighted by molar-refractivity contribution is 5.78. The van der Waals surface area contributed by atoms with Gasteiger partial charge in [0.1, 0.15) is 0 Å². The van der Waals surface area contributed by atoms with E-state index in [2.05, 4.69) is 5.32 Å². The Hall–Kier alpha value is -1.18. The van der Waals surface area contributed by atoms with Crippen LogP contribution in [-0.4, -0.2) is 71.5 Å². The summed E-state index contributed by atoms with van der Waals surface area (Å²) in [5, 5.41) is 28.4. The second-order valence-corrected chi connectivity index (χ2v) is 3.57. The second-order valence-electron chi connectivity index (χ2n) is 3.57. The molecular weight excluding hydrogens is 228 g/mol. The van der Waals surface area contributed by atoms with Gasteiger partial charge in [-0.05, 0) is 6.42 Å². The van der Waals surface area contributed by atoms with Crippen LogP contribution >= 0.6 is 0 Å². The topological polar surface area (TPSA) is 110 Å². The Morgan fingerprint density at radius 3 is 2.18 bits per heavy atom. The van der Waals surface area contributed by atoms with E-state index < -0.39 is 5.97 Å². The van der Waals surface area contributed by atoms with Crippen molar-refractivity contribution in [1.82, 2.24) is 10.2 Å². The Balaban J connectivity index is 3.70. The SMILES string of the molecule is O=C(O)CCCNC(=O)CN(CCO)CCO. The monoisotopic (exact) mass is 248 g/mol. The van der Waals surface area contributed by atoms with Gasteiger partial charge in [-0.3, -0.25) is 14.5 Å². The van der Waals surface area contributed by atoms with E-state index in [4.69, 9.17) is 15.3 Å². The Bertz CT molecular complexity index is 229. The van der Waals surface area contributed by atoms with Gasteiger partial charge in [0.25, 0.3) is 0 Å². The summed E-state index contributed by atoms with van der Waals surface area (Å²) in [4.78, 5) is 23.2. The normalized spacial score (nSPS) is 10.5. The van der Waals surface area contributed by atoms with Crippen molar-refractivity contribution < 1.29 is 24.9 Å². The van der Waals surface area contributed by atoms with Crippen molar-refractivity contribution in [2.24, 2.45) is 0 Å². The minimum atomic E-state index is -0.888. The van der Waals surface area contributed by atoms with Crippen LogP contribution in [0.1, 0.15) is 12.8 Å². The first kappa shape index (κ1) is 15.8. The molecule has 0 aromatic rings. The van der Waals surface area contributed by atoms with Gasteiger partial charge in [0.15, 0.2) is 0 Å². The van der Waals surface area contributed by atoms with Crippen LogP contribution in [0.3, 0.4) is 0 Å². The Kier molecular flexibility index (Phi) is 9.31. The van der Waals surface area contributed by atoms with Gasteiger partial charge in [0.05, 0.1) is 19.8 Å². The molecule has 0 radical (unpaired) electrons. The standard InChI is InChI=1S/C10H20N2O5/c13-6-4-12(5-7-14)8-9(15)11-3-1-2-10(16)17/h13-14H,1-8H2,(H,11,15)(H,16,17). The summed E-state index contributed by atoms with van der Waals surface area (Å²) < 4.78 is 0. The molecule has 0 aliphatic rings. The Morgan fingerprint density at radius 1 is 1.12 bits per heavy atom. The molecule has 17 heavy (non-hydrogen) atoms. The number of nitrogens with one attached hydrogen (secondary N) is 1. The average Bonchev–Trinajstić information content (AvgIpc) is 2.25. The van der Waals surface area contributed by atoms with Crippen molar-refractivity contribution in [3.63, 3.8) is 0 Å². The van der Waals surface area contributed by atoms with E-state index in [9.17, 15) is 9.59 Å². The number of aliphatic hydroxyl groups is 2. The number of carboxylic acid groups (broad SMARTS) is 1. The molecule has 0 saturated carbocycles. The Labute approximate surface area is 100 Å². The molecule has 0 aromatic carbocycles. The van der Waals surface area contributed by atoms with E-state index in [1.54, 1.807) is 4.90 Å². The molecule has 0 fully saturated rings. The Morgan fingerprint density at radius 2 is 1.71 bits per heavy atom. The lowest BCUT2D eigenvalue weighted by Gasteiger charge is -2.19. The predicted molar refractivity (Wildman–Crippen MR) is 60.5 cm³/mol. The third kappa shape index (κ3) is 9.73. The molecule has 0 aliphatic carbocycles. The van der Waals surface area contributed by atoms with Crippen molar-refractivity contribution in [2.75, 3.05) is 39.4 Å². The highest BCUT2D eigenvalue weighted by atomic mass is 16.4. The lowest BCUT2D eigenvalue weighted by atomic mass is 10.3. The molecule has 0 atom stereocenters. The quantitative estimate of drug-likeness (QED) is 0.341. The van der Waals surface area contributed by atoms with Gasteiger partial charge in [0, 0.05) is 26.1 Å². The number of hydrogen-bond acceptors (Lipinski definition) is 5. The van der Waals surface area contributed by atoms with E-state index in [1.807, 2.05) is 0 Å². The molecule has 4 N–H and O–H groups in total. The fraction of sp³-hybridized carbons (Fsp3) is 0.800. The molecule has 0 bridgehead atoms. The summed E-state index contributed by atoms with van der Waals surface area (Å²) in [5.41, 5.74) is 0. The largest absolute Gasteiger partial charge is 0.481 e. The molecule has 7 nitrogen and oxygen atoms in total. The van der Waals surface area contributed by atoms with Crippen LogP contribution in [-0.2, 0) is 9.59 Å². The number of carboxylic acids is 1. The van der Waals surface area contributed by atoms with Crippen LogP contribution in [0.15, 0.2) is 0 Å². The summed E-state index contributed by atoms with van der Waals surface area (Å²) in [6.45, 7) is 0.899. The number of aliphatic hydroxyl groups excluding tert-OH is 2. The summed E-state index contributed by atoms with van der Waals surface area (Å²) in [6, 6.07) is 0. The number of aliphatic carboxylic acids is 1. The number of hydrogen-bond donors (Lipinski definition) is 4. The zero-order valence-electron chi connectivity index (χ0n) is 9.76. The van der Waals surface area contributed by atoms with Gasteiger partial charge in [-0.15, -0.1) is 0 Å². The summed E-state index contributed by atoms with van der Waals surface area (Å²) in [6.07, 6.45) is 0.415. The zero-order chi connectivity index (χ0) is 13.1. The van der Waals surface area contributed by atoms with Crippen molar-refractivity contribution in [3.05, 3.63) is 0 Å². The maximum Gasteiger partial charge on any atom is 0.303 e. The first-order valence-corrected chi connectivity index (χ1v) is 5.52. The van der Waals surface area contributed by atoms with Crippen molar-refractivity contribution in [1.29, 1.82) is 0 Å². The van der Waals surface area contributed by atoms with Crippen LogP contribution in [0.4, 0.5) is 0 Å². The van der Waals surface area contributed by atoms with Gasteiger partial charge < -0.3 is 20.6 Å². The van der Waals surface area contributed by atoms with Gasteiger partial charge in [-0.2, -0.15) is 0 Å². The third-order valence-electron chi connectivity index (χ3n) is 2.09. The molecule has 0 aliphatic heterocycles. The highest BCUT2D eigenvalue weighted by Gasteiger charge is 2.09. The van der Waals surface area contributed by atoms with Gasteiger partial charge in [-0.25, -0.2) is 0 Å². The zero-order valence-corrected chi connectivity index (χ0v) is 9.76. The maximum absolute atomic E-state index is 11.4. The number of amides is 1. The van der Waals surface area contributed by atoms with Crippen LogP contribution in [0.25, 0.3) is 0 Å². The van der Waals surface area contributed by atoms with E-state index in [0.717, 1.165) is 0 Å². The molecule has 0 saturated heterocycles. The first-order valence-electron chi connectivity index (χ1n) is 5.52. The summed E-state index contributed by atoms with van der Waals surface area (Å²) in [7, 11) is 0. The molecule has 0 heterocycles. The van der Waals surface area contributed by atoms with Gasteiger partial charge >= 0.3 is 5.97 Å². The molecular formula is C10H20N2O5. The molecule has 7 heteroatoms. The van der Waals surface area contributed by atoms with Crippen molar-refractivity contribution in [3.8, 4) is 0 Å². The van der Waals surface area contributed by atoms with E-state index in [0.29, 0.717) is 26.1 Å². The number of nitrogens with zero attached hydrogens (tertiary/aromatic N) is 1. The number of carbonyl (C=O) groups excluding carboxylic acids is 1. The first-order chi connectivity index (χ1) is 8.10. The van der Waals surface area contributed by atoms with Crippen LogP contribution < -0.4 is 5.32 Å². The lowest BCUT2D eigenvalue weighted by molar-refractivity contribution is -0.137. The average molecular weight is 248 g/mol. The van der Waals surface area contributed by atoms with Crippen LogP contribution in [0.5, 0.6) is 0 Å². The van der Waals surface area contributed by atoms with Crippen LogP contribution in [0, 0.1) is 0 Å². The van der Waals surface area contributed by atoms with Gasteiger partial charge in [-0.1, -0.05) is 0 Å². The van der Waals surface area contributed by atoms with Crippen molar-refractivity contribution in [2.45, 2.75) is 12.8 Å². The molecule has 100 valence electrons. The van der Waals surface area contributed by atoms with Crippen LogP contribution in [0.2, 0.25) is 0 Å². The minimum absolute atomic E-state index is 0.0251. The molecule has 1 amide bonds. The lowest BCUT2D eigenvalue weighted by Crippen LogP contribution is -2.40. The highest BCUT2D eigenvalue weighted by Crippen LogP contribution is 1.89. The molecule has 0 aromatic heterocycles. The molecule has 0 unspecified atom stereocenters. The number of carbonyl (C=O) groups is 2. The molecule has 0 rings (SSSR count). The van der Waals surface area contributed by atoms with Gasteiger partial charge in [0.2, 0.25) is 5.91 Å². The smallest absolute Gasteiger partial charge is 0.303 e. The van der Waals surface area contributed by atoms with E-state index >= 15 is 0 Å². The minimum Gasteiger partial charge on any atom is -0.481 e. The predicted octanol–water partition coefficient (Wildman–Crippen LogP) is -1.75. The van der Waals surface area contributed by atoms with E-state index in [1.165, 1.54) is 0 Å². The fourth-order valence-electron chi connectivity index (χ4n) is 1.28.